The van der Waals surface area contributed by atoms with Gasteiger partial charge in [-0.3, -0.25) is 0 Å². The molecule has 0 heterocycles. The van der Waals surface area contributed by atoms with Crippen molar-refractivity contribution in [2.45, 2.75) is 31.7 Å². The lowest BCUT2D eigenvalue weighted by atomic mass is 10.1. The van der Waals surface area contributed by atoms with E-state index >= 15 is 0 Å². The van der Waals surface area contributed by atoms with Gasteiger partial charge in [0.15, 0.2) is 0 Å². The Balaban J connectivity index is 2.47. The van der Waals surface area contributed by atoms with Gasteiger partial charge in [-0.25, -0.2) is 0 Å². The average molecular weight is 269 g/mol. The molecule has 1 N–H and O–H groups in total. The molecule has 0 saturated carbocycles. The molecule has 0 bridgehead atoms. The average Bonchev–Trinajstić information content (AvgIpc) is 2.35. The molecule has 1 atom stereocenters. The van der Waals surface area contributed by atoms with Crippen LogP contribution in [0.5, 0.6) is 0 Å². The highest BCUT2D eigenvalue weighted by Crippen LogP contribution is 2.23. The third-order valence-corrected chi connectivity index (χ3v) is 4.72. The molecule has 1 nitrogen and oxygen atoms in total. The van der Waals surface area contributed by atoms with Crippen molar-refractivity contribution in [2.75, 3.05) is 23.8 Å². The molecule has 1 rings (SSSR count). The lowest BCUT2D eigenvalue weighted by Crippen LogP contribution is -2.17. The van der Waals surface area contributed by atoms with Crippen LogP contribution in [-0.4, -0.2) is 23.8 Å². The second-order valence-electron chi connectivity index (χ2n) is 3.90. The van der Waals surface area contributed by atoms with Crippen molar-refractivity contribution < 1.29 is 0 Å². The van der Waals surface area contributed by atoms with E-state index in [0.717, 1.165) is 6.54 Å². The highest BCUT2D eigenvalue weighted by Gasteiger charge is 2.04. The summed E-state index contributed by atoms with van der Waals surface area (Å²) in [5.41, 5.74) is 1.39. The molecule has 0 aliphatic rings. The van der Waals surface area contributed by atoms with Crippen LogP contribution in [0.25, 0.3) is 0 Å². The second kappa shape index (κ2) is 8.90. The lowest BCUT2D eigenvalue weighted by molar-refractivity contribution is 0.597. The van der Waals surface area contributed by atoms with Crippen LogP contribution < -0.4 is 5.32 Å². The first-order valence-corrected chi connectivity index (χ1v) is 8.45. The van der Waals surface area contributed by atoms with Crippen LogP contribution in [0, 0.1) is 0 Å². The molecule has 0 aromatic heterocycles. The van der Waals surface area contributed by atoms with E-state index in [9.17, 15) is 0 Å². The third kappa shape index (κ3) is 5.84. The molecule has 1 aromatic carbocycles. The summed E-state index contributed by atoms with van der Waals surface area (Å²) in [6.45, 7) is 7.61. The fourth-order valence-corrected chi connectivity index (χ4v) is 3.38. The van der Waals surface area contributed by atoms with Crippen LogP contribution in [0.15, 0.2) is 29.2 Å². The van der Waals surface area contributed by atoms with Gasteiger partial charge in [0.1, 0.15) is 0 Å². The molecule has 1 unspecified atom stereocenters. The quantitative estimate of drug-likeness (QED) is 0.561. The van der Waals surface area contributed by atoms with E-state index in [1.54, 1.807) is 0 Å². The lowest BCUT2D eigenvalue weighted by Gasteiger charge is -2.13. The topological polar surface area (TPSA) is 12.0 Å². The fourth-order valence-electron chi connectivity index (χ4n) is 1.66. The molecule has 0 amide bonds. The Labute approximate surface area is 114 Å². The van der Waals surface area contributed by atoms with Crippen LogP contribution in [-0.2, 0) is 0 Å². The van der Waals surface area contributed by atoms with Crippen molar-refractivity contribution in [3.8, 4) is 0 Å². The number of thioether (sulfide) groups is 2. The molecule has 0 radical (unpaired) electrons. The smallest absolute Gasteiger partial charge is 0.0292 e. The fraction of sp³-hybridized carbons (Fsp3) is 0.571. The van der Waals surface area contributed by atoms with E-state index in [0.29, 0.717) is 6.04 Å². The Morgan fingerprint density at radius 3 is 2.76 bits per heavy atom. The van der Waals surface area contributed by atoms with E-state index < -0.39 is 0 Å². The minimum Gasteiger partial charge on any atom is -0.310 e. The van der Waals surface area contributed by atoms with Crippen molar-refractivity contribution >= 4 is 23.5 Å². The van der Waals surface area contributed by atoms with Gasteiger partial charge in [-0.05, 0) is 36.9 Å². The molecule has 0 aliphatic heterocycles. The van der Waals surface area contributed by atoms with Gasteiger partial charge in [0.25, 0.3) is 0 Å². The maximum Gasteiger partial charge on any atom is 0.0292 e. The number of hydrogen-bond acceptors (Lipinski definition) is 3. The minimum absolute atomic E-state index is 0.450. The molecule has 17 heavy (non-hydrogen) atoms. The van der Waals surface area contributed by atoms with E-state index in [4.69, 9.17) is 0 Å². The molecular formula is C14H23NS2. The van der Waals surface area contributed by atoms with Crippen molar-refractivity contribution in [3.05, 3.63) is 29.8 Å². The van der Waals surface area contributed by atoms with Crippen molar-refractivity contribution in [1.29, 1.82) is 0 Å². The van der Waals surface area contributed by atoms with Gasteiger partial charge in [-0.15, -0.1) is 11.8 Å². The van der Waals surface area contributed by atoms with Gasteiger partial charge < -0.3 is 5.32 Å². The molecule has 96 valence electrons. The number of rotatable bonds is 8. The maximum atomic E-state index is 3.45. The van der Waals surface area contributed by atoms with Gasteiger partial charge in [0, 0.05) is 22.4 Å². The molecule has 3 heteroatoms. The standard InChI is InChI=1S/C14H23NS2/c1-4-15-12(3)13-7-6-8-14(11-13)17-10-9-16-5-2/h6-8,11-12,15H,4-5,9-10H2,1-3H3. The number of nitrogens with one attached hydrogen (secondary N) is 1. The zero-order valence-corrected chi connectivity index (χ0v) is 12.7. The Morgan fingerprint density at radius 2 is 2.06 bits per heavy atom. The second-order valence-corrected chi connectivity index (χ2v) is 6.46. The third-order valence-electron chi connectivity index (χ3n) is 2.57. The van der Waals surface area contributed by atoms with Crippen LogP contribution in [0.4, 0.5) is 0 Å². The first kappa shape index (κ1) is 14.9. The predicted octanol–water partition coefficient (Wildman–Crippen LogP) is 4.20. The predicted molar refractivity (Wildman–Crippen MR) is 82.3 cm³/mol. The Kier molecular flexibility index (Phi) is 7.82. The van der Waals surface area contributed by atoms with Gasteiger partial charge in [-0.2, -0.15) is 11.8 Å². The van der Waals surface area contributed by atoms with Crippen molar-refractivity contribution in [3.63, 3.8) is 0 Å². The van der Waals surface area contributed by atoms with Crippen LogP contribution in [0.1, 0.15) is 32.4 Å². The molecule has 0 aliphatic carbocycles. The maximum absolute atomic E-state index is 3.45. The minimum atomic E-state index is 0.450. The summed E-state index contributed by atoms with van der Waals surface area (Å²) in [6.07, 6.45) is 0. The zero-order chi connectivity index (χ0) is 12.5. The van der Waals surface area contributed by atoms with E-state index in [-0.39, 0.29) is 0 Å². The summed E-state index contributed by atoms with van der Waals surface area (Å²) in [6, 6.07) is 9.35. The number of hydrogen-bond donors (Lipinski definition) is 1. The van der Waals surface area contributed by atoms with Gasteiger partial charge in [0.05, 0.1) is 0 Å². The summed E-state index contributed by atoms with van der Waals surface area (Å²) < 4.78 is 0. The summed E-state index contributed by atoms with van der Waals surface area (Å²) in [5.74, 6) is 3.67. The number of benzene rings is 1. The molecule has 0 spiro atoms. The summed E-state index contributed by atoms with van der Waals surface area (Å²) in [5, 5.41) is 3.45. The van der Waals surface area contributed by atoms with E-state index in [1.165, 1.54) is 27.7 Å². The summed E-state index contributed by atoms with van der Waals surface area (Å²) in [4.78, 5) is 1.39. The normalized spacial score (nSPS) is 12.6. The van der Waals surface area contributed by atoms with Gasteiger partial charge in [-0.1, -0.05) is 26.0 Å². The van der Waals surface area contributed by atoms with Gasteiger partial charge in [0.2, 0.25) is 0 Å². The summed E-state index contributed by atoms with van der Waals surface area (Å²) in [7, 11) is 0. The van der Waals surface area contributed by atoms with E-state index in [2.05, 4.69) is 50.4 Å². The first-order chi connectivity index (χ1) is 8.27. The highest BCUT2D eigenvalue weighted by molar-refractivity contribution is 8.02. The molecule has 0 fully saturated rings. The largest absolute Gasteiger partial charge is 0.310 e. The van der Waals surface area contributed by atoms with Crippen LogP contribution >= 0.6 is 23.5 Å². The molecular weight excluding hydrogens is 246 g/mol. The SMILES string of the molecule is CCNC(C)c1cccc(SCCSCC)c1. The Bertz CT molecular complexity index is 315. The van der Waals surface area contributed by atoms with Crippen molar-refractivity contribution in [2.24, 2.45) is 0 Å². The molecule has 0 saturated heterocycles. The van der Waals surface area contributed by atoms with Gasteiger partial charge >= 0.3 is 0 Å². The summed E-state index contributed by atoms with van der Waals surface area (Å²) >= 11 is 3.97. The molecule has 1 aromatic rings. The zero-order valence-electron chi connectivity index (χ0n) is 11.0. The highest BCUT2D eigenvalue weighted by atomic mass is 32.2. The van der Waals surface area contributed by atoms with E-state index in [1.807, 2.05) is 23.5 Å². The van der Waals surface area contributed by atoms with Crippen LogP contribution in [0.3, 0.4) is 0 Å². The van der Waals surface area contributed by atoms with Crippen molar-refractivity contribution in [1.82, 2.24) is 5.32 Å². The Hall–Kier alpha value is -0.120. The Morgan fingerprint density at radius 1 is 1.24 bits per heavy atom. The monoisotopic (exact) mass is 269 g/mol. The first-order valence-electron chi connectivity index (χ1n) is 6.31. The van der Waals surface area contributed by atoms with Crippen LogP contribution in [0.2, 0.25) is 0 Å².